The van der Waals surface area contributed by atoms with Crippen LogP contribution < -0.4 is 5.56 Å². The number of pyridine rings is 1. The maximum atomic E-state index is 14.5. The molecule has 0 radical (unpaired) electrons. The molecule has 1 aromatic heterocycles. The topological polar surface area (TPSA) is 99.8 Å². The Labute approximate surface area is 235 Å². The standard InChI is InChI=1S/C32H41FN2O5/c1-22(17-23-9-3-2-4-10-23)29(37)34-16-15-32(40,31(20-34)13-7-8-14-31)21-35-19-26(30(38)39)25(18-28(35)36)24-11-5-6-12-27(24)33/h5-6,11-12,18-19,22-23,40H,2-4,7-10,13-17,20-21H2,1H3,(H,38,39)/t22?,32-/m1/s1. The molecule has 2 aromatic rings. The zero-order valence-electron chi connectivity index (χ0n) is 23.4. The first-order valence-electron chi connectivity index (χ1n) is 14.9. The fraction of sp³-hybridized carbons (Fsp3) is 0.594. The number of rotatable bonds is 7. The number of carbonyl (C=O) groups excluding carboxylic acids is 1. The normalized spacial score (nSPS) is 23.8. The maximum absolute atomic E-state index is 14.5. The van der Waals surface area contributed by atoms with Gasteiger partial charge in [-0.15, -0.1) is 0 Å². The number of carboxylic acid groups (broad SMARTS) is 1. The van der Waals surface area contributed by atoms with Gasteiger partial charge in [-0.1, -0.05) is 70.1 Å². The van der Waals surface area contributed by atoms with Crippen molar-refractivity contribution < 1.29 is 24.2 Å². The van der Waals surface area contributed by atoms with Crippen LogP contribution in [-0.2, 0) is 11.3 Å². The molecule has 8 heteroatoms. The average molecular weight is 553 g/mol. The zero-order chi connectivity index (χ0) is 28.5. The van der Waals surface area contributed by atoms with Crippen molar-refractivity contribution in [2.45, 2.75) is 89.7 Å². The predicted molar refractivity (Wildman–Crippen MR) is 150 cm³/mol. The fourth-order valence-electron chi connectivity index (χ4n) is 7.67. The molecular formula is C32H41FN2O5. The molecule has 3 fully saturated rings. The second kappa shape index (κ2) is 11.5. The van der Waals surface area contributed by atoms with E-state index in [9.17, 15) is 29.0 Å². The van der Waals surface area contributed by atoms with E-state index in [0.29, 0.717) is 25.4 Å². The lowest BCUT2D eigenvalue weighted by atomic mass is 9.65. The molecule has 216 valence electrons. The molecule has 3 aliphatic rings. The van der Waals surface area contributed by atoms with Gasteiger partial charge in [-0.3, -0.25) is 9.59 Å². The Hall–Kier alpha value is -3.00. The van der Waals surface area contributed by atoms with E-state index in [0.717, 1.165) is 38.2 Å². The van der Waals surface area contributed by atoms with Gasteiger partial charge in [0, 0.05) is 47.8 Å². The average Bonchev–Trinajstić information content (AvgIpc) is 3.41. The number of hydrogen-bond donors (Lipinski definition) is 2. The summed E-state index contributed by atoms with van der Waals surface area (Å²) in [6, 6.07) is 6.92. The van der Waals surface area contributed by atoms with Crippen molar-refractivity contribution in [3.05, 3.63) is 58.3 Å². The fourth-order valence-corrected chi connectivity index (χ4v) is 7.67. The van der Waals surface area contributed by atoms with Crippen LogP contribution in [0.2, 0.25) is 0 Å². The van der Waals surface area contributed by atoms with Crippen LogP contribution in [0.1, 0.15) is 87.9 Å². The summed E-state index contributed by atoms with van der Waals surface area (Å²) < 4.78 is 15.8. The first-order chi connectivity index (χ1) is 19.1. The maximum Gasteiger partial charge on any atom is 0.337 e. The first kappa shape index (κ1) is 28.5. The predicted octanol–water partition coefficient (Wildman–Crippen LogP) is 5.48. The highest BCUT2D eigenvalue weighted by molar-refractivity contribution is 5.95. The number of aromatic carboxylic acids is 1. The van der Waals surface area contributed by atoms with E-state index in [-0.39, 0.29) is 35.1 Å². The number of halogens is 1. The van der Waals surface area contributed by atoms with E-state index < -0.39 is 28.4 Å². The van der Waals surface area contributed by atoms with Crippen LogP contribution in [0.5, 0.6) is 0 Å². The number of benzene rings is 1. The van der Waals surface area contributed by atoms with Crippen LogP contribution >= 0.6 is 0 Å². The van der Waals surface area contributed by atoms with Gasteiger partial charge in [0.25, 0.3) is 5.56 Å². The lowest BCUT2D eigenvalue weighted by Gasteiger charge is -2.53. The summed E-state index contributed by atoms with van der Waals surface area (Å²) in [5, 5.41) is 22.1. The van der Waals surface area contributed by atoms with E-state index in [4.69, 9.17) is 0 Å². The molecule has 0 bridgehead atoms. The minimum Gasteiger partial charge on any atom is -0.478 e. The minimum absolute atomic E-state index is 0.0155. The molecule has 2 atom stereocenters. The highest BCUT2D eigenvalue weighted by Crippen LogP contribution is 2.52. The Kier molecular flexibility index (Phi) is 8.18. The Balaban J connectivity index is 1.39. The van der Waals surface area contributed by atoms with E-state index in [2.05, 4.69) is 0 Å². The van der Waals surface area contributed by atoms with Crippen molar-refractivity contribution in [2.75, 3.05) is 13.1 Å². The molecular weight excluding hydrogens is 511 g/mol. The van der Waals surface area contributed by atoms with Crippen LogP contribution in [0.4, 0.5) is 4.39 Å². The summed E-state index contributed by atoms with van der Waals surface area (Å²) in [6.45, 7) is 2.82. The number of hydrogen-bond acceptors (Lipinski definition) is 4. The van der Waals surface area contributed by atoms with Crippen molar-refractivity contribution in [1.29, 1.82) is 0 Å². The Morgan fingerprint density at radius 1 is 1.05 bits per heavy atom. The largest absolute Gasteiger partial charge is 0.478 e. The number of carbonyl (C=O) groups is 2. The highest BCUT2D eigenvalue weighted by atomic mass is 19.1. The number of piperidine rings is 1. The van der Waals surface area contributed by atoms with Gasteiger partial charge >= 0.3 is 5.97 Å². The van der Waals surface area contributed by atoms with Crippen LogP contribution in [0.3, 0.4) is 0 Å². The number of amides is 1. The van der Waals surface area contributed by atoms with Crippen LogP contribution in [0.15, 0.2) is 41.3 Å². The Morgan fingerprint density at radius 2 is 1.75 bits per heavy atom. The van der Waals surface area contributed by atoms with Crippen LogP contribution in [-0.4, -0.2) is 50.2 Å². The number of likely N-dealkylation sites (tertiary alicyclic amines) is 1. The molecule has 1 unspecified atom stereocenters. The quantitative estimate of drug-likeness (QED) is 0.474. The van der Waals surface area contributed by atoms with Crippen molar-refractivity contribution in [3.63, 3.8) is 0 Å². The molecule has 2 aliphatic carbocycles. The molecule has 1 aromatic carbocycles. The summed E-state index contributed by atoms with van der Waals surface area (Å²) in [6.07, 6.45) is 12.0. The van der Waals surface area contributed by atoms with Gasteiger partial charge in [0.05, 0.1) is 17.7 Å². The molecule has 1 aliphatic heterocycles. The Bertz CT molecular complexity index is 1310. The smallest absolute Gasteiger partial charge is 0.337 e. The van der Waals surface area contributed by atoms with Crippen molar-refractivity contribution in [3.8, 4) is 11.1 Å². The lowest BCUT2D eigenvalue weighted by molar-refractivity contribution is -0.163. The second-order valence-corrected chi connectivity index (χ2v) is 12.5. The monoisotopic (exact) mass is 552 g/mol. The molecule has 2 saturated carbocycles. The van der Waals surface area contributed by atoms with E-state index in [1.807, 2.05) is 11.8 Å². The summed E-state index contributed by atoms with van der Waals surface area (Å²) in [5.74, 6) is -1.18. The summed E-state index contributed by atoms with van der Waals surface area (Å²) in [7, 11) is 0. The highest BCUT2D eigenvalue weighted by Gasteiger charge is 2.55. The van der Waals surface area contributed by atoms with E-state index in [1.54, 1.807) is 6.07 Å². The third-order valence-corrected chi connectivity index (χ3v) is 9.93. The van der Waals surface area contributed by atoms with Gasteiger partial charge in [0.15, 0.2) is 0 Å². The van der Waals surface area contributed by atoms with Crippen molar-refractivity contribution in [2.24, 2.45) is 17.3 Å². The molecule has 1 saturated heterocycles. The number of aliphatic hydroxyl groups is 1. The van der Waals surface area contributed by atoms with Gasteiger partial charge in [-0.2, -0.15) is 0 Å². The lowest BCUT2D eigenvalue weighted by Crippen LogP contribution is -2.62. The zero-order valence-corrected chi connectivity index (χ0v) is 23.4. The number of nitrogens with zero attached hydrogens (tertiary/aromatic N) is 2. The van der Waals surface area contributed by atoms with Gasteiger partial charge in [-0.05, 0) is 37.7 Å². The third kappa shape index (κ3) is 5.47. The SMILES string of the molecule is CC(CC1CCCCC1)C(=O)N1CC[C@@](O)(Cn2cc(C(=O)O)c(-c3ccccc3F)cc2=O)C2(CCCC2)C1. The van der Waals surface area contributed by atoms with Crippen molar-refractivity contribution >= 4 is 11.9 Å². The third-order valence-electron chi connectivity index (χ3n) is 9.93. The van der Waals surface area contributed by atoms with Gasteiger partial charge in [0.1, 0.15) is 5.82 Å². The molecule has 2 N–H and O–H groups in total. The van der Waals surface area contributed by atoms with Crippen LogP contribution in [0.25, 0.3) is 11.1 Å². The van der Waals surface area contributed by atoms with Crippen LogP contribution in [0, 0.1) is 23.1 Å². The van der Waals surface area contributed by atoms with Gasteiger partial charge in [-0.25, -0.2) is 9.18 Å². The molecule has 1 spiro atoms. The van der Waals surface area contributed by atoms with Gasteiger partial charge in [0.2, 0.25) is 5.91 Å². The molecule has 40 heavy (non-hydrogen) atoms. The Morgan fingerprint density at radius 3 is 2.42 bits per heavy atom. The van der Waals surface area contributed by atoms with E-state index >= 15 is 0 Å². The first-order valence-corrected chi connectivity index (χ1v) is 14.9. The van der Waals surface area contributed by atoms with Crippen molar-refractivity contribution in [1.82, 2.24) is 9.47 Å². The van der Waals surface area contributed by atoms with Gasteiger partial charge < -0.3 is 19.7 Å². The molecule has 5 rings (SSSR count). The minimum atomic E-state index is -1.28. The second-order valence-electron chi connectivity index (χ2n) is 12.5. The summed E-state index contributed by atoms with van der Waals surface area (Å²) in [4.78, 5) is 40.9. The molecule has 1 amide bonds. The summed E-state index contributed by atoms with van der Waals surface area (Å²) >= 11 is 0. The molecule has 2 heterocycles. The number of carboxylic acids is 1. The number of aromatic nitrogens is 1. The summed E-state index contributed by atoms with van der Waals surface area (Å²) in [5.41, 5.74) is -2.46. The van der Waals surface area contributed by atoms with E-state index in [1.165, 1.54) is 61.1 Å². The molecule has 7 nitrogen and oxygen atoms in total.